The van der Waals surface area contributed by atoms with Gasteiger partial charge in [0.1, 0.15) is 17.5 Å². The van der Waals surface area contributed by atoms with E-state index < -0.39 is 0 Å². The number of rotatable bonds is 7. The van der Waals surface area contributed by atoms with Crippen molar-refractivity contribution in [3.63, 3.8) is 0 Å². The van der Waals surface area contributed by atoms with Gasteiger partial charge in [0.2, 0.25) is 0 Å². The van der Waals surface area contributed by atoms with Crippen LogP contribution in [0.2, 0.25) is 0 Å². The first-order chi connectivity index (χ1) is 41.1. The van der Waals surface area contributed by atoms with Crippen molar-refractivity contribution in [1.82, 2.24) is 49.6 Å². The van der Waals surface area contributed by atoms with Gasteiger partial charge in [-0.15, -0.1) is 0 Å². The van der Waals surface area contributed by atoms with Crippen LogP contribution in [0.1, 0.15) is 92.5 Å². The van der Waals surface area contributed by atoms with Crippen LogP contribution in [0.25, 0.3) is 32.9 Å². The molecule has 3 amide bonds. The van der Waals surface area contributed by atoms with E-state index >= 15 is 0 Å². The maximum Gasteiger partial charge on any atom is 0.494 e. The molecule has 22 heteroatoms. The highest BCUT2D eigenvalue weighted by molar-refractivity contribution is 9.10. The molecule has 1 fully saturated rings. The number of carbonyl (C=O) groups excluding carboxylic acids is 3. The van der Waals surface area contributed by atoms with Gasteiger partial charge >= 0.3 is 7.12 Å². The molecule has 0 spiro atoms. The number of carbonyl (C=O) groups is 3. The second-order valence-electron chi connectivity index (χ2n) is 21.7. The van der Waals surface area contributed by atoms with E-state index in [1.165, 1.54) is 18.2 Å². The maximum absolute atomic E-state index is 14.8. The van der Waals surface area contributed by atoms with E-state index in [-0.39, 0.29) is 66.6 Å². The van der Waals surface area contributed by atoms with Crippen molar-refractivity contribution in [2.75, 3.05) is 0 Å². The molecule has 4 aliphatic heterocycles. The van der Waals surface area contributed by atoms with Crippen molar-refractivity contribution in [2.24, 2.45) is 14.1 Å². The molecular formula is C64H57BBr3F3N10O5. The second-order valence-corrected chi connectivity index (χ2v) is 24.1. The van der Waals surface area contributed by atoms with Crippen molar-refractivity contribution >= 4 is 99.9 Å². The molecule has 1 saturated heterocycles. The average Bonchev–Trinajstić information content (AvgIpc) is 4.18. The van der Waals surface area contributed by atoms with Crippen LogP contribution < -0.4 is 10.8 Å². The van der Waals surface area contributed by atoms with Gasteiger partial charge in [-0.3, -0.25) is 38.7 Å². The van der Waals surface area contributed by atoms with Crippen LogP contribution in [0.4, 0.5) is 13.2 Å². The Labute approximate surface area is 520 Å². The number of pyridine rings is 3. The summed E-state index contributed by atoms with van der Waals surface area (Å²) in [7, 11) is 3.49. The highest BCUT2D eigenvalue weighted by atomic mass is 79.9. The Bertz CT molecular complexity index is 4190. The molecule has 0 bridgehead atoms. The molecule has 9 heterocycles. The van der Waals surface area contributed by atoms with Crippen molar-refractivity contribution in [3.8, 4) is 11.1 Å². The largest absolute Gasteiger partial charge is 0.494 e. The van der Waals surface area contributed by atoms with Crippen LogP contribution in [0.5, 0.6) is 0 Å². The Morgan fingerprint density at radius 3 is 1.51 bits per heavy atom. The number of hydrogen-bond acceptors (Lipinski definition) is 10. The maximum atomic E-state index is 14.8. The molecule has 0 atom stereocenters. The third-order valence-corrected chi connectivity index (χ3v) is 16.7. The Hall–Kier alpha value is -7.89. The highest BCUT2D eigenvalue weighted by Gasteiger charge is 2.51. The van der Waals surface area contributed by atoms with Gasteiger partial charge in [0.15, 0.2) is 0 Å². The monoisotopic (exact) mass is 1350 g/mol. The summed E-state index contributed by atoms with van der Waals surface area (Å²) in [6, 6.07) is 37.6. The van der Waals surface area contributed by atoms with E-state index in [4.69, 9.17) is 9.31 Å². The van der Waals surface area contributed by atoms with E-state index in [2.05, 4.69) is 112 Å². The van der Waals surface area contributed by atoms with Gasteiger partial charge in [-0.2, -0.15) is 10.2 Å². The third-order valence-electron chi connectivity index (χ3n) is 15.1. The zero-order valence-electron chi connectivity index (χ0n) is 47.7. The quantitative estimate of drug-likeness (QED) is 0.120. The molecule has 10 aromatic rings. The molecule has 0 aliphatic carbocycles. The number of halogens is 6. The van der Waals surface area contributed by atoms with E-state index in [0.717, 1.165) is 60.0 Å². The smallest absolute Gasteiger partial charge is 0.399 e. The number of nitrogens with one attached hydrogen (secondary N) is 1. The molecule has 1 N–H and O–H groups in total. The summed E-state index contributed by atoms with van der Waals surface area (Å²) in [6.07, 6.45) is 8.97. The minimum Gasteiger partial charge on any atom is -0.399 e. The van der Waals surface area contributed by atoms with Crippen molar-refractivity contribution in [2.45, 2.75) is 77.0 Å². The van der Waals surface area contributed by atoms with Crippen molar-refractivity contribution in [1.29, 1.82) is 0 Å². The Morgan fingerprint density at radius 2 is 1.01 bits per heavy atom. The number of nitrogens with zero attached hydrogens (tertiary/aromatic N) is 9. The molecule has 0 saturated carbocycles. The molecule has 5 aromatic carbocycles. The van der Waals surface area contributed by atoms with Gasteiger partial charge in [-0.05, 0) is 135 Å². The fourth-order valence-electron chi connectivity index (χ4n) is 9.83. The van der Waals surface area contributed by atoms with Gasteiger partial charge in [0.05, 0.1) is 75.6 Å². The Kier molecular flexibility index (Phi) is 18.5. The lowest BCUT2D eigenvalue weighted by Crippen LogP contribution is -2.41. The van der Waals surface area contributed by atoms with Gasteiger partial charge < -0.3 is 24.4 Å². The van der Waals surface area contributed by atoms with Gasteiger partial charge in [-0.25, -0.2) is 13.2 Å². The minimum absolute atomic E-state index is 0.0110. The molecule has 86 heavy (non-hydrogen) atoms. The summed E-state index contributed by atoms with van der Waals surface area (Å²) in [5.74, 6) is -1.01. The number of aromatic nitrogens is 7. The zero-order valence-corrected chi connectivity index (χ0v) is 52.4. The van der Waals surface area contributed by atoms with E-state index in [1.54, 1.807) is 93.7 Å². The summed E-state index contributed by atoms with van der Waals surface area (Å²) in [5.41, 5.74) is 10.0. The Morgan fingerprint density at radius 1 is 0.558 bits per heavy atom. The molecule has 0 unspecified atom stereocenters. The van der Waals surface area contributed by atoms with Crippen LogP contribution in [-0.4, -0.2) is 80.4 Å². The number of aryl methyl sites for hydroxylation is 2. The fourth-order valence-corrected chi connectivity index (χ4v) is 11.0. The molecule has 438 valence electrons. The molecule has 5 aromatic heterocycles. The predicted molar refractivity (Wildman–Crippen MR) is 334 cm³/mol. The van der Waals surface area contributed by atoms with Gasteiger partial charge in [-0.1, -0.05) is 90.3 Å². The predicted octanol–water partition coefficient (Wildman–Crippen LogP) is 12.8. The second kappa shape index (κ2) is 26.0. The molecule has 0 radical (unpaired) electrons. The topological polar surface area (TPSA) is 162 Å². The van der Waals surface area contributed by atoms with Crippen LogP contribution >= 0.6 is 47.8 Å². The van der Waals surface area contributed by atoms with E-state index in [1.807, 2.05) is 73.6 Å². The highest BCUT2D eigenvalue weighted by Crippen LogP contribution is 2.37. The van der Waals surface area contributed by atoms with E-state index in [0.29, 0.717) is 62.8 Å². The van der Waals surface area contributed by atoms with Crippen molar-refractivity contribution in [3.05, 3.63) is 235 Å². The number of benzene rings is 5. The lowest BCUT2D eigenvalue weighted by atomic mass is 9.79. The standard InChI is InChI=1S/C22H17FN4O.C14H19BN2O2.C14H10BrFN2O.C7H5Br2F.C7H6N2O/c1-26-11-17-9-14(6-7-20(17)25-26)15-4-5-16(19(23)10-15)12-27-13-21-18(22(27)28)3-2-8-24-21;1-13(2)14(3,4)19-15(18-13)11-6-7-12-10(8-11)9-17(5)16-12;15-10-4-3-9(12(16)6-10)7-18-8-13-11(14(18)19)2-1-5-17-13;8-4-5-1-2-6(9)3-7(5)10;10-7-5-2-1-3-8-6(5)4-9-7/h2-11H,12-13H2,1H3;6-9H,1-5H3;1-6H,7-8H2;1-3H,4H2;1-3H,4H2,(H,9,10). The van der Waals surface area contributed by atoms with Crippen molar-refractivity contribution < 1.29 is 36.9 Å². The first-order valence-electron chi connectivity index (χ1n) is 27.3. The lowest BCUT2D eigenvalue weighted by molar-refractivity contribution is 0.00578. The van der Waals surface area contributed by atoms with Crippen LogP contribution in [-0.2, 0) is 61.5 Å². The van der Waals surface area contributed by atoms with Crippen LogP contribution in [0, 0.1) is 17.5 Å². The molecule has 14 rings (SSSR count). The summed E-state index contributed by atoms with van der Waals surface area (Å²) in [5, 5.41) is 14.1. The molecule has 4 aliphatic rings. The summed E-state index contributed by atoms with van der Waals surface area (Å²) < 4.78 is 58.5. The van der Waals surface area contributed by atoms with Gasteiger partial charge in [0, 0.05) is 94.3 Å². The summed E-state index contributed by atoms with van der Waals surface area (Å²) in [4.78, 5) is 51.2. The first-order valence-corrected chi connectivity index (χ1v) is 30.0. The normalized spacial score (nSPS) is 14.9. The molecular weight excluding hydrogens is 1300 g/mol. The zero-order chi connectivity index (χ0) is 61.0. The number of fused-ring (bicyclic) bond motifs is 5. The summed E-state index contributed by atoms with van der Waals surface area (Å²) >= 11 is 9.56. The first kappa shape index (κ1) is 61.2. The molecule has 15 nitrogen and oxygen atoms in total. The van der Waals surface area contributed by atoms with E-state index in [9.17, 15) is 27.6 Å². The minimum atomic E-state index is -0.319. The summed E-state index contributed by atoms with van der Waals surface area (Å²) in [6.45, 7) is 10.2. The lowest BCUT2D eigenvalue weighted by Gasteiger charge is -2.32. The fraction of sp³-hybridized carbons (Fsp3) is 0.219. The Balaban J connectivity index is 0.000000126. The number of hydrogen-bond donors (Lipinski definition) is 1. The average molecular weight is 1350 g/mol. The SMILES string of the molecule is Cn1cc2cc(-c3ccc(CN4Cc5ncccc5C4=O)c(F)c3)ccc2n1.Cn1cc2cc(B3OC(C)(C)C(C)(C)O3)ccc2n1.Fc1cc(Br)ccc1CBr.O=C1NCc2ncccc21.O=C1c2cccnc2CN1Cc1ccc(Br)cc1F. The van der Waals surface area contributed by atoms with Crippen LogP contribution in [0.15, 0.2) is 167 Å². The number of amides is 3. The van der Waals surface area contributed by atoms with Gasteiger partial charge in [0.25, 0.3) is 17.7 Å². The number of alkyl halides is 1. The van der Waals surface area contributed by atoms with Crippen LogP contribution in [0.3, 0.4) is 0 Å². The third kappa shape index (κ3) is 13.8.